The molecule has 0 amide bonds. The molecule has 0 aliphatic rings. The van der Waals surface area contributed by atoms with Gasteiger partial charge in [0.1, 0.15) is 5.69 Å². The third-order valence-corrected chi connectivity index (χ3v) is 2.86. The van der Waals surface area contributed by atoms with Crippen molar-refractivity contribution in [3.8, 4) is 11.5 Å². The van der Waals surface area contributed by atoms with Crippen molar-refractivity contribution in [1.82, 2.24) is 19.7 Å². The van der Waals surface area contributed by atoms with Crippen LogP contribution in [0.2, 0.25) is 0 Å². The second-order valence-electron chi connectivity index (χ2n) is 4.77. The molecule has 2 heterocycles. The van der Waals surface area contributed by atoms with E-state index in [0.29, 0.717) is 11.5 Å². The van der Waals surface area contributed by atoms with E-state index in [1.54, 1.807) is 36.8 Å². The summed E-state index contributed by atoms with van der Waals surface area (Å²) >= 11 is 0. The van der Waals surface area contributed by atoms with Crippen molar-refractivity contribution in [2.24, 2.45) is 4.99 Å². The highest BCUT2D eigenvalue weighted by atomic mass is 16.4. The number of allylic oxidation sites excluding steroid dienone is 3. The zero-order valence-corrected chi connectivity index (χ0v) is 13.1. The van der Waals surface area contributed by atoms with E-state index in [1.807, 2.05) is 26.8 Å². The van der Waals surface area contributed by atoms with Crippen LogP contribution in [0.15, 0.2) is 41.2 Å². The van der Waals surface area contributed by atoms with Crippen LogP contribution in [0, 0.1) is 6.92 Å². The van der Waals surface area contributed by atoms with Gasteiger partial charge < -0.3 is 5.11 Å². The molecule has 0 aliphatic heterocycles. The number of hydrogen-bond donors (Lipinski definition) is 1. The number of hydrogen-bond acceptors (Lipinski definition) is 5. The summed E-state index contributed by atoms with van der Waals surface area (Å²) in [6.07, 6.45) is 8.51. The Labute approximate surface area is 133 Å². The molecule has 2 rings (SSSR count). The first-order chi connectivity index (χ1) is 11.0. The number of aliphatic imine (C=N–C) groups is 1. The van der Waals surface area contributed by atoms with E-state index in [2.05, 4.69) is 20.1 Å². The Bertz CT molecular complexity index is 785. The number of aromatic carboxylic acids is 1. The number of rotatable bonds is 5. The Hall–Kier alpha value is -3.09. The number of carbonyl (C=O) groups is 1. The van der Waals surface area contributed by atoms with Gasteiger partial charge in [-0.05, 0) is 44.6 Å². The maximum Gasteiger partial charge on any atom is 0.375 e. The zero-order chi connectivity index (χ0) is 16.8. The lowest BCUT2D eigenvalue weighted by Crippen LogP contribution is -1.99. The third kappa shape index (κ3) is 4.19. The van der Waals surface area contributed by atoms with Gasteiger partial charge in [-0.25, -0.2) is 9.48 Å². The quantitative estimate of drug-likeness (QED) is 0.677. The minimum absolute atomic E-state index is 0.278. The summed E-state index contributed by atoms with van der Waals surface area (Å²) in [5, 5.41) is 13.0. The van der Waals surface area contributed by atoms with Gasteiger partial charge in [0, 0.05) is 24.3 Å². The van der Waals surface area contributed by atoms with Crippen LogP contribution in [0.4, 0.5) is 0 Å². The molecule has 0 spiro atoms. The first-order valence-electron chi connectivity index (χ1n) is 6.98. The number of aromatic nitrogens is 4. The molecule has 0 atom stereocenters. The number of nitrogens with zero attached hydrogens (tertiary/aromatic N) is 5. The summed E-state index contributed by atoms with van der Waals surface area (Å²) in [5.41, 5.74) is 2.37. The smallest absolute Gasteiger partial charge is 0.375 e. The lowest BCUT2D eigenvalue weighted by Gasteiger charge is -2.00. The summed E-state index contributed by atoms with van der Waals surface area (Å²) in [7, 11) is 0. The molecule has 0 saturated carbocycles. The predicted molar refractivity (Wildman–Crippen MR) is 88.2 cm³/mol. The summed E-state index contributed by atoms with van der Waals surface area (Å²) in [5.74, 6) is -1.10. The Kier molecular flexibility index (Phi) is 5.14. The van der Waals surface area contributed by atoms with Gasteiger partial charge in [0.25, 0.3) is 5.82 Å². The summed E-state index contributed by atoms with van der Waals surface area (Å²) in [4.78, 5) is 23.5. The first kappa shape index (κ1) is 16.3. The summed E-state index contributed by atoms with van der Waals surface area (Å²) in [6, 6.07) is 3.66. The van der Waals surface area contributed by atoms with Gasteiger partial charge in [-0.2, -0.15) is 4.98 Å². The Morgan fingerprint density at radius 2 is 2.17 bits per heavy atom. The Balaban J connectivity index is 2.41. The summed E-state index contributed by atoms with van der Waals surface area (Å²) in [6.45, 7) is 5.61. The van der Waals surface area contributed by atoms with Crippen molar-refractivity contribution < 1.29 is 9.90 Å². The van der Waals surface area contributed by atoms with Gasteiger partial charge in [-0.15, -0.1) is 5.10 Å². The van der Waals surface area contributed by atoms with Gasteiger partial charge in [0.2, 0.25) is 0 Å². The molecule has 0 unspecified atom stereocenters. The molecular weight excluding hydrogens is 294 g/mol. The van der Waals surface area contributed by atoms with Gasteiger partial charge in [-0.1, -0.05) is 6.07 Å². The molecule has 0 saturated heterocycles. The third-order valence-electron chi connectivity index (χ3n) is 2.86. The highest BCUT2D eigenvalue weighted by Crippen LogP contribution is 2.16. The molecule has 0 fully saturated rings. The molecule has 0 aliphatic carbocycles. The van der Waals surface area contributed by atoms with E-state index in [4.69, 9.17) is 5.11 Å². The van der Waals surface area contributed by atoms with Crippen LogP contribution in [-0.4, -0.2) is 37.0 Å². The molecule has 0 bridgehead atoms. The highest BCUT2D eigenvalue weighted by molar-refractivity contribution is 5.83. The molecule has 118 valence electrons. The molecule has 2 aromatic rings. The number of carboxylic acids is 1. The SMILES string of the molecule is CC=N/C(C)=C\C=C\n1nc(C(=O)O)nc1-c1ccc(C)cn1. The van der Waals surface area contributed by atoms with Crippen LogP contribution in [0.25, 0.3) is 17.7 Å². The van der Waals surface area contributed by atoms with Gasteiger partial charge in [0.15, 0.2) is 5.82 Å². The van der Waals surface area contributed by atoms with Gasteiger partial charge in [-0.3, -0.25) is 9.98 Å². The van der Waals surface area contributed by atoms with E-state index in [9.17, 15) is 4.79 Å². The topological polar surface area (TPSA) is 93.3 Å². The fourth-order valence-corrected chi connectivity index (χ4v) is 1.80. The number of carboxylic acid groups (broad SMARTS) is 1. The van der Waals surface area contributed by atoms with Crippen LogP contribution < -0.4 is 0 Å². The zero-order valence-electron chi connectivity index (χ0n) is 13.1. The van der Waals surface area contributed by atoms with Crippen molar-refractivity contribution in [2.45, 2.75) is 20.8 Å². The van der Waals surface area contributed by atoms with Crippen LogP contribution in [0.5, 0.6) is 0 Å². The lowest BCUT2D eigenvalue weighted by molar-refractivity contribution is 0.0684. The van der Waals surface area contributed by atoms with Gasteiger partial charge >= 0.3 is 5.97 Å². The Morgan fingerprint density at radius 3 is 2.78 bits per heavy atom. The van der Waals surface area contributed by atoms with E-state index < -0.39 is 5.97 Å². The second-order valence-corrected chi connectivity index (χ2v) is 4.77. The maximum atomic E-state index is 11.1. The molecule has 0 aromatic carbocycles. The van der Waals surface area contributed by atoms with Crippen molar-refractivity contribution in [1.29, 1.82) is 0 Å². The van der Waals surface area contributed by atoms with E-state index in [0.717, 1.165) is 11.3 Å². The molecule has 1 N–H and O–H groups in total. The highest BCUT2D eigenvalue weighted by Gasteiger charge is 2.16. The molecule has 7 nitrogen and oxygen atoms in total. The minimum atomic E-state index is -1.19. The number of pyridine rings is 1. The lowest BCUT2D eigenvalue weighted by atomic mass is 10.2. The van der Waals surface area contributed by atoms with E-state index in [-0.39, 0.29) is 5.82 Å². The van der Waals surface area contributed by atoms with Crippen LogP contribution in [0.3, 0.4) is 0 Å². The fourth-order valence-electron chi connectivity index (χ4n) is 1.80. The average Bonchev–Trinajstić information content (AvgIpc) is 2.93. The molecule has 7 heteroatoms. The van der Waals surface area contributed by atoms with Crippen molar-refractivity contribution in [3.05, 3.63) is 47.6 Å². The summed E-state index contributed by atoms with van der Waals surface area (Å²) < 4.78 is 1.39. The predicted octanol–water partition coefficient (Wildman–Crippen LogP) is 2.81. The molecule has 23 heavy (non-hydrogen) atoms. The van der Waals surface area contributed by atoms with Gasteiger partial charge in [0.05, 0.1) is 0 Å². The normalized spacial score (nSPS) is 12.4. The standard InChI is InChI=1S/C16H17N5O2/c1-4-17-12(3)6-5-9-21-15(19-14(20-21)16(22)23)13-8-7-11(2)10-18-13/h4-10H,1-3H3,(H,22,23)/b9-5+,12-6-,17-4?. The maximum absolute atomic E-state index is 11.1. The van der Waals surface area contributed by atoms with Crippen molar-refractivity contribution in [2.75, 3.05) is 0 Å². The van der Waals surface area contributed by atoms with E-state index in [1.165, 1.54) is 4.68 Å². The Morgan fingerprint density at radius 1 is 1.39 bits per heavy atom. The largest absolute Gasteiger partial charge is 0.475 e. The van der Waals surface area contributed by atoms with Crippen LogP contribution in [-0.2, 0) is 0 Å². The van der Waals surface area contributed by atoms with Crippen LogP contribution >= 0.6 is 0 Å². The number of aryl methyl sites for hydroxylation is 1. The minimum Gasteiger partial charge on any atom is -0.475 e. The average molecular weight is 311 g/mol. The fraction of sp³-hybridized carbons (Fsp3) is 0.188. The van der Waals surface area contributed by atoms with Crippen LogP contribution in [0.1, 0.15) is 30.0 Å². The molecule has 2 aromatic heterocycles. The van der Waals surface area contributed by atoms with E-state index >= 15 is 0 Å². The molecule has 0 radical (unpaired) electrons. The second kappa shape index (κ2) is 7.26. The first-order valence-corrected chi connectivity index (χ1v) is 6.98. The molecular formula is C16H17N5O2. The van der Waals surface area contributed by atoms with Crippen molar-refractivity contribution >= 4 is 18.4 Å². The van der Waals surface area contributed by atoms with Crippen molar-refractivity contribution in [3.63, 3.8) is 0 Å². The monoisotopic (exact) mass is 311 g/mol.